The summed E-state index contributed by atoms with van der Waals surface area (Å²) in [6, 6.07) is 0. The molecule has 0 saturated heterocycles. The van der Waals surface area contributed by atoms with Gasteiger partial charge in [-0.1, -0.05) is 209 Å². The van der Waals surface area contributed by atoms with Crippen molar-refractivity contribution < 1.29 is 37.3 Å². The maximum atomic E-state index is 12.8. The molecule has 0 saturated carbocycles. The number of phosphoric ester groups is 1. The van der Waals surface area contributed by atoms with Crippen molar-refractivity contribution in [2.24, 2.45) is 0 Å². The summed E-state index contributed by atoms with van der Waals surface area (Å²) in [4.78, 5) is 23.0. The van der Waals surface area contributed by atoms with E-state index < -0.39 is 13.9 Å². The van der Waals surface area contributed by atoms with Crippen molar-refractivity contribution in [1.82, 2.24) is 0 Å². The summed E-state index contributed by atoms with van der Waals surface area (Å²) in [5.41, 5.74) is 0. The summed E-state index contributed by atoms with van der Waals surface area (Å²) >= 11 is 0. The molecule has 1 N–H and O–H groups in total. The maximum absolute atomic E-state index is 12.8. The Morgan fingerprint density at radius 1 is 0.492 bits per heavy atom. The summed E-state index contributed by atoms with van der Waals surface area (Å²) in [6.07, 6.45) is 62.8. The second kappa shape index (κ2) is 48.6. The predicted molar refractivity (Wildman–Crippen MR) is 279 cm³/mol. The lowest BCUT2D eigenvalue weighted by Crippen LogP contribution is -2.37. The van der Waals surface area contributed by atoms with Crippen molar-refractivity contribution in [1.29, 1.82) is 0 Å². The van der Waals surface area contributed by atoms with E-state index in [9.17, 15) is 14.3 Å². The minimum absolute atomic E-state index is 0.0837. The molecule has 0 aliphatic heterocycles. The zero-order chi connectivity index (χ0) is 47.6. The van der Waals surface area contributed by atoms with Crippen molar-refractivity contribution in [2.75, 3.05) is 54.1 Å². The lowest BCUT2D eigenvalue weighted by atomic mass is 10.0. The van der Waals surface area contributed by atoms with E-state index >= 15 is 0 Å². The minimum atomic E-state index is -4.29. The van der Waals surface area contributed by atoms with E-state index in [2.05, 4.69) is 74.6 Å². The van der Waals surface area contributed by atoms with Gasteiger partial charge in [0.25, 0.3) is 0 Å². The molecule has 0 spiro atoms. The molecule has 65 heavy (non-hydrogen) atoms. The summed E-state index contributed by atoms with van der Waals surface area (Å²) in [7, 11) is 1.66. The first-order chi connectivity index (χ1) is 31.6. The Morgan fingerprint density at radius 3 is 1.35 bits per heavy atom. The molecule has 0 amide bonds. The molecule has 2 atom stereocenters. The molecule has 0 bridgehead atoms. The number of hydrogen-bond acceptors (Lipinski definition) is 6. The molecule has 0 heterocycles. The number of rotatable bonds is 50. The number of carbonyl (C=O) groups excluding carboxylic acids is 1. The smallest absolute Gasteiger partial charge is 0.457 e. The molecule has 9 heteroatoms. The molecule has 0 aromatic carbocycles. The van der Waals surface area contributed by atoms with Gasteiger partial charge in [0.2, 0.25) is 0 Å². The Labute approximate surface area is 402 Å². The number of ether oxygens (including phenoxy) is 2. The SMILES string of the molecule is CC/C=C\C/C=C\C/C=C\C/C=C\CCCCCCCCC(=O)OC(COCCCCCCCCCCCCCC/C=C\CCCCCCCCCC)COP(=O)(O)OCC[N+](C)(C)C. The van der Waals surface area contributed by atoms with Crippen LogP contribution < -0.4 is 0 Å². The number of esters is 1. The highest BCUT2D eigenvalue weighted by Gasteiger charge is 2.26. The van der Waals surface area contributed by atoms with Crippen LogP contribution in [0.4, 0.5) is 0 Å². The normalized spacial score (nSPS) is 14.0. The van der Waals surface area contributed by atoms with Crippen LogP contribution in [0, 0.1) is 0 Å². The lowest BCUT2D eigenvalue weighted by molar-refractivity contribution is -0.870. The van der Waals surface area contributed by atoms with Gasteiger partial charge in [0.1, 0.15) is 19.3 Å². The number of unbranched alkanes of at least 4 members (excludes halogenated alkanes) is 26. The predicted octanol–water partition coefficient (Wildman–Crippen LogP) is 16.8. The fraction of sp³-hybridized carbons (Fsp3) is 0.804. The van der Waals surface area contributed by atoms with E-state index in [1.165, 1.54) is 141 Å². The monoisotopic (exact) mass is 935 g/mol. The summed E-state index contributed by atoms with van der Waals surface area (Å²) < 4.78 is 35.2. The van der Waals surface area contributed by atoms with Crippen LogP contribution in [-0.4, -0.2) is 75.6 Å². The first-order valence-electron chi connectivity index (χ1n) is 27.0. The molecule has 380 valence electrons. The van der Waals surface area contributed by atoms with Gasteiger partial charge in [-0.05, 0) is 77.0 Å². The third kappa shape index (κ3) is 53.0. The fourth-order valence-corrected chi connectivity index (χ4v) is 8.16. The average molecular weight is 935 g/mol. The Balaban J connectivity index is 4.12. The van der Waals surface area contributed by atoms with Gasteiger partial charge in [0.05, 0.1) is 34.4 Å². The van der Waals surface area contributed by atoms with Crippen molar-refractivity contribution in [3.8, 4) is 0 Å². The maximum Gasteiger partial charge on any atom is 0.472 e. The van der Waals surface area contributed by atoms with E-state index in [0.717, 1.165) is 70.6 Å². The molecule has 0 aromatic heterocycles. The fourth-order valence-electron chi connectivity index (χ4n) is 7.42. The number of quaternary nitrogens is 1. The standard InChI is InChI=1S/C56H104NO7P/c1-6-8-10-12-14-16-18-20-22-24-26-27-28-29-30-32-34-36-38-40-42-44-46-48-51-61-53-55(54-63-65(59,60)62-52-50-57(3,4)5)64-56(58)49-47-45-43-41-39-37-35-33-31-25-23-21-19-17-15-13-11-9-7-2/h9,11,15,17,21,23-24,26,31,33,55H,6-8,10,12-14,16,18-20,22,25,27-30,32,34-54H2,1-5H3/p+1/b11-9-,17-15-,23-21-,26-24-,33-31-. The van der Waals surface area contributed by atoms with Gasteiger partial charge in [0, 0.05) is 13.0 Å². The number of likely N-dealkylation sites (N-methyl/N-ethyl adjacent to an activating group) is 1. The van der Waals surface area contributed by atoms with Crippen LogP contribution in [0.2, 0.25) is 0 Å². The van der Waals surface area contributed by atoms with Gasteiger partial charge in [-0.25, -0.2) is 4.57 Å². The summed E-state index contributed by atoms with van der Waals surface area (Å²) in [5, 5.41) is 0. The van der Waals surface area contributed by atoms with Gasteiger partial charge in [-0.15, -0.1) is 0 Å². The van der Waals surface area contributed by atoms with E-state index in [4.69, 9.17) is 18.5 Å². The van der Waals surface area contributed by atoms with Gasteiger partial charge in [-0.3, -0.25) is 13.8 Å². The molecule has 0 aliphatic carbocycles. The van der Waals surface area contributed by atoms with Crippen molar-refractivity contribution >= 4 is 13.8 Å². The third-order valence-corrected chi connectivity index (χ3v) is 12.5. The number of phosphoric acid groups is 1. The Morgan fingerprint density at radius 2 is 0.892 bits per heavy atom. The Hall–Kier alpha value is -1.80. The van der Waals surface area contributed by atoms with Crippen LogP contribution in [-0.2, 0) is 27.9 Å². The van der Waals surface area contributed by atoms with Crippen molar-refractivity contribution in [3.05, 3.63) is 60.8 Å². The summed E-state index contributed by atoms with van der Waals surface area (Å²) in [6.45, 7) is 5.51. The molecular weight excluding hydrogens is 830 g/mol. The molecule has 0 radical (unpaired) electrons. The van der Waals surface area contributed by atoms with E-state index in [1.54, 1.807) is 0 Å². The molecule has 8 nitrogen and oxygen atoms in total. The van der Waals surface area contributed by atoms with E-state index in [1.807, 2.05) is 21.1 Å². The van der Waals surface area contributed by atoms with Crippen molar-refractivity contribution in [2.45, 2.75) is 238 Å². The average Bonchev–Trinajstić information content (AvgIpc) is 3.27. The molecule has 0 aromatic rings. The topological polar surface area (TPSA) is 91.3 Å². The first kappa shape index (κ1) is 63.2. The van der Waals surface area contributed by atoms with Crippen LogP contribution in [0.5, 0.6) is 0 Å². The van der Waals surface area contributed by atoms with Gasteiger partial charge in [0.15, 0.2) is 0 Å². The third-order valence-electron chi connectivity index (χ3n) is 11.6. The molecule has 0 aliphatic rings. The van der Waals surface area contributed by atoms with Gasteiger partial charge in [-0.2, -0.15) is 0 Å². The Bertz CT molecular complexity index is 1220. The summed E-state index contributed by atoms with van der Waals surface area (Å²) in [5.74, 6) is -0.326. The van der Waals surface area contributed by atoms with Gasteiger partial charge >= 0.3 is 13.8 Å². The van der Waals surface area contributed by atoms with Crippen LogP contribution in [0.1, 0.15) is 232 Å². The highest BCUT2D eigenvalue weighted by Crippen LogP contribution is 2.43. The van der Waals surface area contributed by atoms with Crippen LogP contribution in [0.15, 0.2) is 60.8 Å². The van der Waals surface area contributed by atoms with E-state index in [0.29, 0.717) is 24.1 Å². The molecule has 0 fully saturated rings. The minimum Gasteiger partial charge on any atom is -0.457 e. The highest BCUT2D eigenvalue weighted by molar-refractivity contribution is 7.47. The number of carbonyl (C=O) groups is 1. The first-order valence-corrected chi connectivity index (χ1v) is 28.5. The van der Waals surface area contributed by atoms with Crippen LogP contribution >= 0.6 is 7.82 Å². The van der Waals surface area contributed by atoms with Crippen LogP contribution in [0.3, 0.4) is 0 Å². The second-order valence-corrected chi connectivity index (χ2v) is 20.7. The van der Waals surface area contributed by atoms with Crippen LogP contribution in [0.25, 0.3) is 0 Å². The van der Waals surface area contributed by atoms with Crippen molar-refractivity contribution in [3.63, 3.8) is 0 Å². The molecular formula is C56H105NO7P+. The largest absolute Gasteiger partial charge is 0.472 e. The van der Waals surface area contributed by atoms with E-state index in [-0.39, 0.29) is 25.8 Å². The zero-order valence-electron chi connectivity index (χ0n) is 43.2. The molecule has 0 rings (SSSR count). The number of nitrogens with zero attached hydrogens (tertiary/aromatic N) is 1. The second-order valence-electron chi connectivity index (χ2n) is 19.2. The zero-order valence-corrected chi connectivity index (χ0v) is 44.1. The van der Waals surface area contributed by atoms with Gasteiger partial charge < -0.3 is 18.9 Å². The highest BCUT2D eigenvalue weighted by atomic mass is 31.2. The molecule has 2 unspecified atom stereocenters. The number of allylic oxidation sites excluding steroid dienone is 10. The lowest BCUT2D eigenvalue weighted by Gasteiger charge is -2.24. The Kier molecular flexibility index (Phi) is 47.3. The number of hydrogen-bond donors (Lipinski definition) is 1. The quantitative estimate of drug-likeness (QED) is 0.0214.